The van der Waals surface area contributed by atoms with E-state index in [1.807, 2.05) is 26.0 Å². The number of hydrogen-bond acceptors (Lipinski definition) is 3. The fourth-order valence-electron chi connectivity index (χ4n) is 1.39. The standard InChI is InChI=1S/C13H18N2O2S/c1-3-17-11-6-4-10(5-7-11)15-12(16)8-9(2)13(14)18/h4-7,9H,3,8H2,1-2H3,(H2,14,18)(H,15,16). The van der Waals surface area contributed by atoms with Crippen LogP contribution in [0, 0.1) is 5.92 Å². The summed E-state index contributed by atoms with van der Waals surface area (Å²) < 4.78 is 5.32. The first-order valence-corrected chi connectivity index (χ1v) is 6.25. The topological polar surface area (TPSA) is 64.3 Å². The summed E-state index contributed by atoms with van der Waals surface area (Å²) in [5.41, 5.74) is 6.20. The number of anilines is 1. The Labute approximate surface area is 113 Å². The molecule has 1 unspecified atom stereocenters. The summed E-state index contributed by atoms with van der Waals surface area (Å²) >= 11 is 4.83. The molecule has 0 aliphatic rings. The molecule has 1 rings (SSSR count). The van der Waals surface area contributed by atoms with Crippen LogP contribution in [0.2, 0.25) is 0 Å². The Morgan fingerprint density at radius 3 is 2.56 bits per heavy atom. The van der Waals surface area contributed by atoms with E-state index in [1.54, 1.807) is 12.1 Å². The van der Waals surface area contributed by atoms with Crippen molar-refractivity contribution < 1.29 is 9.53 Å². The van der Waals surface area contributed by atoms with Crippen molar-refractivity contribution in [1.82, 2.24) is 0 Å². The number of carbonyl (C=O) groups is 1. The maximum Gasteiger partial charge on any atom is 0.225 e. The Kier molecular flexibility index (Phi) is 5.58. The van der Waals surface area contributed by atoms with Gasteiger partial charge in [0.15, 0.2) is 0 Å². The third-order valence-corrected chi connectivity index (χ3v) is 2.83. The lowest BCUT2D eigenvalue weighted by Gasteiger charge is -2.10. The zero-order valence-electron chi connectivity index (χ0n) is 10.6. The lowest BCUT2D eigenvalue weighted by molar-refractivity contribution is -0.116. The summed E-state index contributed by atoms with van der Waals surface area (Å²) in [4.78, 5) is 12.0. The molecule has 5 heteroatoms. The van der Waals surface area contributed by atoms with Gasteiger partial charge in [-0.1, -0.05) is 19.1 Å². The summed E-state index contributed by atoms with van der Waals surface area (Å²) in [6, 6.07) is 7.23. The molecule has 0 radical (unpaired) electrons. The Morgan fingerprint density at radius 2 is 2.06 bits per heavy atom. The van der Waals surface area contributed by atoms with Crippen molar-refractivity contribution in [2.45, 2.75) is 20.3 Å². The number of nitrogens with one attached hydrogen (secondary N) is 1. The van der Waals surface area contributed by atoms with Gasteiger partial charge in [0.25, 0.3) is 0 Å². The zero-order chi connectivity index (χ0) is 13.5. The van der Waals surface area contributed by atoms with E-state index in [2.05, 4.69) is 5.32 Å². The predicted octanol–water partition coefficient (Wildman–Crippen LogP) is 2.34. The Balaban J connectivity index is 2.51. The second-order valence-electron chi connectivity index (χ2n) is 4.01. The third-order valence-electron chi connectivity index (χ3n) is 2.43. The number of hydrogen-bond donors (Lipinski definition) is 2. The minimum absolute atomic E-state index is 0.0947. The summed E-state index contributed by atoms with van der Waals surface area (Å²) in [6.07, 6.45) is 0.294. The van der Waals surface area contributed by atoms with Crippen LogP contribution in [0.25, 0.3) is 0 Å². The number of carbonyl (C=O) groups excluding carboxylic acids is 1. The highest BCUT2D eigenvalue weighted by Gasteiger charge is 2.11. The molecule has 0 spiro atoms. The molecule has 98 valence electrons. The van der Waals surface area contributed by atoms with Crippen molar-refractivity contribution in [3.63, 3.8) is 0 Å². The molecule has 0 saturated heterocycles. The minimum Gasteiger partial charge on any atom is -0.494 e. The van der Waals surface area contributed by atoms with Crippen molar-refractivity contribution in [2.75, 3.05) is 11.9 Å². The number of thiocarbonyl (C=S) groups is 1. The van der Waals surface area contributed by atoms with Gasteiger partial charge in [-0.2, -0.15) is 0 Å². The molecule has 0 aromatic heterocycles. The van der Waals surface area contributed by atoms with E-state index in [9.17, 15) is 4.79 Å². The molecule has 0 heterocycles. The average molecular weight is 266 g/mol. The van der Waals surface area contributed by atoms with Gasteiger partial charge in [-0.05, 0) is 31.2 Å². The molecule has 1 aromatic carbocycles. The van der Waals surface area contributed by atoms with Crippen molar-refractivity contribution >= 4 is 28.8 Å². The number of ether oxygens (including phenoxy) is 1. The van der Waals surface area contributed by atoms with Crippen molar-refractivity contribution in [2.24, 2.45) is 11.7 Å². The summed E-state index contributed by atoms with van der Waals surface area (Å²) in [5.74, 6) is 0.592. The summed E-state index contributed by atoms with van der Waals surface area (Å²) in [7, 11) is 0. The first kappa shape index (κ1) is 14.4. The molecular weight excluding hydrogens is 248 g/mol. The Hall–Kier alpha value is -1.62. The molecule has 4 nitrogen and oxygen atoms in total. The van der Waals surface area contributed by atoms with Crippen LogP contribution in [0.15, 0.2) is 24.3 Å². The van der Waals surface area contributed by atoms with Crippen molar-refractivity contribution in [3.8, 4) is 5.75 Å². The van der Waals surface area contributed by atoms with Crippen LogP contribution in [-0.2, 0) is 4.79 Å². The van der Waals surface area contributed by atoms with Gasteiger partial charge in [0.1, 0.15) is 5.75 Å². The lowest BCUT2D eigenvalue weighted by Crippen LogP contribution is -2.24. The molecule has 0 fully saturated rings. The Morgan fingerprint density at radius 1 is 1.44 bits per heavy atom. The van der Waals surface area contributed by atoms with E-state index in [0.717, 1.165) is 11.4 Å². The van der Waals surface area contributed by atoms with E-state index < -0.39 is 0 Å². The number of nitrogens with two attached hydrogens (primary N) is 1. The molecular formula is C13H18N2O2S. The summed E-state index contributed by atoms with van der Waals surface area (Å²) in [6.45, 7) is 4.38. The monoisotopic (exact) mass is 266 g/mol. The highest BCUT2D eigenvalue weighted by Crippen LogP contribution is 2.16. The fraction of sp³-hybridized carbons (Fsp3) is 0.385. The van der Waals surface area contributed by atoms with Gasteiger partial charge < -0.3 is 15.8 Å². The second kappa shape index (κ2) is 6.96. The number of amides is 1. The third kappa shape index (κ3) is 4.71. The number of rotatable bonds is 6. The highest BCUT2D eigenvalue weighted by molar-refractivity contribution is 7.80. The van der Waals surface area contributed by atoms with Crippen LogP contribution >= 0.6 is 12.2 Å². The van der Waals surface area contributed by atoms with Gasteiger partial charge in [-0.15, -0.1) is 0 Å². The van der Waals surface area contributed by atoms with Gasteiger partial charge in [-0.3, -0.25) is 4.79 Å². The van der Waals surface area contributed by atoms with Crippen molar-refractivity contribution in [1.29, 1.82) is 0 Å². The number of benzene rings is 1. The molecule has 18 heavy (non-hydrogen) atoms. The fourth-order valence-corrected chi connectivity index (χ4v) is 1.48. The highest BCUT2D eigenvalue weighted by atomic mass is 32.1. The predicted molar refractivity (Wildman–Crippen MR) is 76.8 cm³/mol. The van der Waals surface area contributed by atoms with Gasteiger partial charge >= 0.3 is 0 Å². The van der Waals surface area contributed by atoms with E-state index in [0.29, 0.717) is 18.0 Å². The van der Waals surface area contributed by atoms with Crippen molar-refractivity contribution in [3.05, 3.63) is 24.3 Å². The van der Waals surface area contributed by atoms with E-state index in [4.69, 9.17) is 22.7 Å². The maximum absolute atomic E-state index is 11.7. The SMILES string of the molecule is CCOc1ccc(NC(=O)CC(C)C(N)=S)cc1. The molecule has 1 atom stereocenters. The van der Waals surface area contributed by atoms with Gasteiger partial charge in [0, 0.05) is 18.0 Å². The van der Waals surface area contributed by atoms with Crippen LogP contribution < -0.4 is 15.8 Å². The molecule has 1 aromatic rings. The molecule has 0 saturated carbocycles. The van der Waals surface area contributed by atoms with E-state index in [1.165, 1.54) is 0 Å². The normalized spacial score (nSPS) is 11.7. The first-order valence-electron chi connectivity index (χ1n) is 5.85. The Bertz CT molecular complexity index is 418. The second-order valence-corrected chi connectivity index (χ2v) is 4.48. The average Bonchev–Trinajstić information content (AvgIpc) is 2.31. The quantitative estimate of drug-likeness (QED) is 0.776. The van der Waals surface area contributed by atoms with Gasteiger partial charge in [-0.25, -0.2) is 0 Å². The largest absolute Gasteiger partial charge is 0.494 e. The molecule has 0 bridgehead atoms. The molecule has 3 N–H and O–H groups in total. The smallest absolute Gasteiger partial charge is 0.225 e. The summed E-state index contributed by atoms with van der Waals surface area (Å²) in [5, 5.41) is 2.79. The van der Waals surface area contributed by atoms with Crippen LogP contribution in [0.4, 0.5) is 5.69 Å². The van der Waals surface area contributed by atoms with Gasteiger partial charge in [0.05, 0.1) is 11.6 Å². The molecule has 0 aliphatic heterocycles. The maximum atomic E-state index is 11.7. The van der Waals surface area contributed by atoms with E-state index in [-0.39, 0.29) is 11.8 Å². The molecule has 0 aliphatic carbocycles. The first-order chi connectivity index (χ1) is 8.52. The van der Waals surface area contributed by atoms with Crippen LogP contribution in [0.5, 0.6) is 5.75 Å². The minimum atomic E-state index is -0.0977. The molecule has 1 amide bonds. The van der Waals surface area contributed by atoms with Crippen LogP contribution in [-0.4, -0.2) is 17.5 Å². The zero-order valence-corrected chi connectivity index (χ0v) is 11.4. The lowest BCUT2D eigenvalue weighted by atomic mass is 10.1. The van der Waals surface area contributed by atoms with Crippen LogP contribution in [0.3, 0.4) is 0 Å². The van der Waals surface area contributed by atoms with Gasteiger partial charge in [0.2, 0.25) is 5.91 Å². The van der Waals surface area contributed by atoms with E-state index >= 15 is 0 Å². The van der Waals surface area contributed by atoms with Crippen LogP contribution in [0.1, 0.15) is 20.3 Å².